The minimum absolute atomic E-state index is 0.0191. The van der Waals surface area contributed by atoms with Gasteiger partial charge in [0.15, 0.2) is 0 Å². The molecule has 2 aromatic carbocycles. The summed E-state index contributed by atoms with van der Waals surface area (Å²) in [5, 5.41) is 11.0. The molecular weight excluding hydrogens is 464 g/mol. The molecule has 0 saturated carbocycles. The van der Waals surface area contributed by atoms with E-state index < -0.39 is 16.7 Å². The minimum Gasteiger partial charge on any atom is -0.293 e. The number of amides is 3. The van der Waals surface area contributed by atoms with Gasteiger partial charge in [-0.05, 0) is 31.1 Å². The topological polar surface area (TPSA) is 122 Å². The van der Waals surface area contributed by atoms with E-state index in [9.17, 15) is 24.5 Å². The predicted octanol–water partition coefficient (Wildman–Crippen LogP) is 3.35. The summed E-state index contributed by atoms with van der Waals surface area (Å²) in [6, 6.07) is 13.2. The van der Waals surface area contributed by atoms with Crippen LogP contribution >= 0.6 is 24.0 Å². The van der Waals surface area contributed by atoms with Crippen molar-refractivity contribution in [1.82, 2.24) is 15.8 Å². The maximum atomic E-state index is 12.7. The first-order chi connectivity index (χ1) is 15.8. The number of para-hydroxylation sites is 1. The number of nitrogens with zero attached hydrogens (tertiary/aromatic N) is 2. The number of hydrogen-bond acceptors (Lipinski definition) is 7. The third-order valence-electron chi connectivity index (χ3n) is 4.70. The van der Waals surface area contributed by atoms with Gasteiger partial charge in [0.1, 0.15) is 9.88 Å². The van der Waals surface area contributed by atoms with E-state index in [1.54, 1.807) is 6.08 Å². The smallest absolute Gasteiger partial charge is 0.282 e. The molecular formula is C22H20N4O5S2. The van der Waals surface area contributed by atoms with Gasteiger partial charge in [0, 0.05) is 19.0 Å². The average Bonchev–Trinajstić information content (AvgIpc) is 3.06. The second-order valence-corrected chi connectivity index (χ2v) is 8.80. The molecule has 33 heavy (non-hydrogen) atoms. The van der Waals surface area contributed by atoms with Crippen LogP contribution in [-0.2, 0) is 9.59 Å². The van der Waals surface area contributed by atoms with Crippen molar-refractivity contribution in [3.8, 4) is 0 Å². The van der Waals surface area contributed by atoms with Crippen molar-refractivity contribution in [1.29, 1.82) is 0 Å². The van der Waals surface area contributed by atoms with Crippen LogP contribution in [0.25, 0.3) is 6.08 Å². The van der Waals surface area contributed by atoms with Crippen molar-refractivity contribution in [2.24, 2.45) is 0 Å². The van der Waals surface area contributed by atoms with Gasteiger partial charge in [0.05, 0.1) is 9.83 Å². The van der Waals surface area contributed by atoms with Crippen molar-refractivity contribution >= 4 is 57.8 Å². The summed E-state index contributed by atoms with van der Waals surface area (Å²) in [5.74, 6) is -1.51. The molecule has 170 valence electrons. The molecule has 0 unspecified atom stereocenters. The third kappa shape index (κ3) is 6.24. The molecule has 9 nitrogen and oxygen atoms in total. The van der Waals surface area contributed by atoms with Gasteiger partial charge in [-0.3, -0.25) is 40.2 Å². The predicted molar refractivity (Wildman–Crippen MR) is 129 cm³/mol. The lowest BCUT2D eigenvalue weighted by Gasteiger charge is -2.14. The molecule has 3 rings (SSSR count). The summed E-state index contributed by atoms with van der Waals surface area (Å²) >= 11 is 6.51. The van der Waals surface area contributed by atoms with Crippen LogP contribution in [0, 0.1) is 17.0 Å². The lowest BCUT2D eigenvalue weighted by molar-refractivity contribution is -0.385. The van der Waals surface area contributed by atoms with Crippen molar-refractivity contribution in [3.63, 3.8) is 0 Å². The minimum atomic E-state index is -0.797. The Kier molecular flexibility index (Phi) is 7.91. The molecule has 3 amide bonds. The maximum Gasteiger partial charge on any atom is 0.282 e. The van der Waals surface area contributed by atoms with Gasteiger partial charge < -0.3 is 0 Å². The molecule has 1 aliphatic heterocycles. The molecule has 1 saturated heterocycles. The molecule has 2 aromatic rings. The SMILES string of the molecule is Cc1ccc(C=C2SC(=S)N(CCCC(=O)NNC(=O)c3ccccc3[N+](=O)[O-])C2=O)cc1. The van der Waals surface area contributed by atoms with Crippen LogP contribution in [0.15, 0.2) is 53.4 Å². The zero-order valence-corrected chi connectivity index (χ0v) is 19.2. The highest BCUT2D eigenvalue weighted by Crippen LogP contribution is 2.32. The first-order valence-electron chi connectivity index (χ1n) is 9.91. The Hall–Kier alpha value is -3.57. The molecule has 2 N–H and O–H groups in total. The summed E-state index contributed by atoms with van der Waals surface area (Å²) in [4.78, 5) is 49.2. The standard InChI is InChI=1S/C22H20N4O5S2/c1-14-8-10-15(11-9-14)13-18-21(29)25(22(32)33-18)12-4-7-19(27)23-24-20(28)16-5-2-3-6-17(16)26(30)31/h2-3,5-6,8-11,13H,4,7,12H2,1H3,(H,23,27)(H,24,28). The number of nitrogens with one attached hydrogen (secondary N) is 2. The van der Waals surface area contributed by atoms with Gasteiger partial charge in [-0.15, -0.1) is 0 Å². The quantitative estimate of drug-likeness (QED) is 0.267. The number of hydrazine groups is 1. The van der Waals surface area contributed by atoms with E-state index in [4.69, 9.17) is 12.2 Å². The van der Waals surface area contributed by atoms with E-state index in [1.165, 1.54) is 40.9 Å². The van der Waals surface area contributed by atoms with Gasteiger partial charge in [0.2, 0.25) is 5.91 Å². The number of thioether (sulfide) groups is 1. The Morgan fingerprint density at radius 1 is 1.15 bits per heavy atom. The second kappa shape index (κ2) is 10.8. The second-order valence-electron chi connectivity index (χ2n) is 7.12. The van der Waals surface area contributed by atoms with Crippen molar-refractivity contribution in [3.05, 3.63) is 80.2 Å². The number of carbonyl (C=O) groups is 3. The Morgan fingerprint density at radius 2 is 1.85 bits per heavy atom. The molecule has 0 atom stereocenters. The lowest BCUT2D eigenvalue weighted by Crippen LogP contribution is -2.42. The lowest BCUT2D eigenvalue weighted by atomic mass is 10.1. The third-order valence-corrected chi connectivity index (χ3v) is 6.07. The first-order valence-corrected chi connectivity index (χ1v) is 11.1. The zero-order chi connectivity index (χ0) is 24.0. The van der Waals surface area contributed by atoms with Crippen molar-refractivity contribution in [2.75, 3.05) is 6.54 Å². The van der Waals surface area contributed by atoms with Crippen molar-refractivity contribution in [2.45, 2.75) is 19.8 Å². The first kappa shape index (κ1) is 24.1. The Morgan fingerprint density at radius 3 is 2.55 bits per heavy atom. The number of nitro groups is 1. The fourth-order valence-electron chi connectivity index (χ4n) is 2.99. The van der Waals surface area contributed by atoms with Crippen LogP contribution in [-0.4, -0.2) is 38.4 Å². The molecule has 0 radical (unpaired) electrons. The van der Waals surface area contributed by atoms with Crippen LogP contribution in [0.3, 0.4) is 0 Å². The molecule has 0 bridgehead atoms. The molecule has 1 heterocycles. The van der Waals surface area contributed by atoms with Crippen LogP contribution < -0.4 is 10.9 Å². The zero-order valence-electron chi connectivity index (χ0n) is 17.6. The molecule has 1 aliphatic rings. The highest BCUT2D eigenvalue weighted by atomic mass is 32.2. The molecule has 0 aromatic heterocycles. The molecule has 0 aliphatic carbocycles. The summed E-state index contributed by atoms with van der Waals surface area (Å²) in [6.07, 6.45) is 2.12. The van der Waals surface area contributed by atoms with Crippen LogP contribution in [0.5, 0.6) is 0 Å². The number of nitro benzene ring substituents is 1. The van der Waals surface area contributed by atoms with Crippen LogP contribution in [0.1, 0.15) is 34.3 Å². The van der Waals surface area contributed by atoms with E-state index in [-0.39, 0.29) is 30.1 Å². The van der Waals surface area contributed by atoms with Crippen molar-refractivity contribution < 1.29 is 19.3 Å². The Bertz CT molecular complexity index is 1150. The number of aryl methyl sites for hydroxylation is 1. The van der Waals surface area contributed by atoms with Crippen LogP contribution in [0.4, 0.5) is 5.69 Å². The highest BCUT2D eigenvalue weighted by Gasteiger charge is 2.31. The number of benzene rings is 2. The van der Waals surface area contributed by atoms with Gasteiger partial charge in [-0.25, -0.2) is 0 Å². The van der Waals surface area contributed by atoms with Gasteiger partial charge in [0.25, 0.3) is 17.5 Å². The molecule has 0 spiro atoms. The number of carbonyl (C=O) groups excluding carboxylic acids is 3. The Labute approximate surface area is 199 Å². The summed E-state index contributed by atoms with van der Waals surface area (Å²) in [6.45, 7) is 2.23. The van der Waals surface area contributed by atoms with Crippen LogP contribution in [0.2, 0.25) is 0 Å². The fourth-order valence-corrected chi connectivity index (χ4v) is 4.29. The molecule has 1 fully saturated rings. The fraction of sp³-hybridized carbons (Fsp3) is 0.182. The molecule has 11 heteroatoms. The number of rotatable bonds is 7. The summed E-state index contributed by atoms with van der Waals surface area (Å²) < 4.78 is 0.420. The van der Waals surface area contributed by atoms with E-state index in [0.717, 1.165) is 11.1 Å². The highest BCUT2D eigenvalue weighted by molar-refractivity contribution is 8.26. The Balaban J connectivity index is 1.48. The van der Waals surface area contributed by atoms with Gasteiger partial charge in [-0.1, -0.05) is 65.9 Å². The van der Waals surface area contributed by atoms with E-state index in [2.05, 4.69) is 10.9 Å². The normalized spacial score (nSPS) is 14.5. The summed E-state index contributed by atoms with van der Waals surface area (Å²) in [5.41, 5.74) is 5.88. The largest absolute Gasteiger partial charge is 0.293 e. The van der Waals surface area contributed by atoms with Gasteiger partial charge >= 0.3 is 0 Å². The average molecular weight is 485 g/mol. The summed E-state index contributed by atoms with van der Waals surface area (Å²) in [7, 11) is 0. The van der Waals surface area contributed by atoms with E-state index in [0.29, 0.717) is 15.6 Å². The number of thiocarbonyl (C=S) groups is 1. The maximum absolute atomic E-state index is 12.7. The monoisotopic (exact) mass is 484 g/mol. The van der Waals surface area contributed by atoms with E-state index >= 15 is 0 Å². The van der Waals surface area contributed by atoms with E-state index in [1.807, 2.05) is 31.2 Å². The van der Waals surface area contributed by atoms with Gasteiger partial charge in [-0.2, -0.15) is 0 Å². The number of hydrogen-bond donors (Lipinski definition) is 2.